The fraction of sp³-hybridized carbons (Fsp3) is 0.760. The van der Waals surface area contributed by atoms with Crippen LogP contribution in [0, 0.1) is 17.8 Å². The van der Waals surface area contributed by atoms with E-state index in [2.05, 4.69) is 25.7 Å². The van der Waals surface area contributed by atoms with E-state index in [1.165, 1.54) is 32.1 Å². The zero-order valence-electron chi connectivity index (χ0n) is 18.5. The molecule has 29 heavy (non-hydrogen) atoms. The number of unbranched alkanes of at least 4 members (excludes halogenated alkanes) is 9. The first-order valence-corrected chi connectivity index (χ1v) is 11.7. The van der Waals surface area contributed by atoms with Crippen molar-refractivity contribution in [1.82, 2.24) is 0 Å². The van der Waals surface area contributed by atoms with Crippen LogP contribution in [0.2, 0.25) is 0 Å². The van der Waals surface area contributed by atoms with Gasteiger partial charge in [-0.25, -0.2) is 0 Å². The van der Waals surface area contributed by atoms with Gasteiger partial charge in [0, 0.05) is 25.0 Å². The maximum atomic E-state index is 12.6. The fourth-order valence-corrected chi connectivity index (χ4v) is 3.68. The van der Waals surface area contributed by atoms with E-state index in [0.717, 1.165) is 50.5 Å². The molecule has 0 bridgehead atoms. The van der Waals surface area contributed by atoms with Crippen molar-refractivity contribution in [3.05, 3.63) is 11.6 Å². The van der Waals surface area contributed by atoms with E-state index in [9.17, 15) is 9.59 Å². The number of carbonyl (C=O) groups excluding carboxylic acids is 1. The molecule has 0 aromatic heterocycles. The van der Waals surface area contributed by atoms with E-state index in [4.69, 9.17) is 9.84 Å². The van der Waals surface area contributed by atoms with Crippen molar-refractivity contribution in [1.29, 1.82) is 0 Å². The van der Waals surface area contributed by atoms with Crippen LogP contribution in [0.1, 0.15) is 104 Å². The van der Waals surface area contributed by atoms with Crippen LogP contribution in [0.15, 0.2) is 11.6 Å². The molecule has 0 saturated carbocycles. The van der Waals surface area contributed by atoms with Crippen LogP contribution in [-0.2, 0) is 14.3 Å². The Hall–Kier alpha value is -1.60. The number of carboxylic acid groups (broad SMARTS) is 1. The predicted molar refractivity (Wildman–Crippen MR) is 118 cm³/mol. The van der Waals surface area contributed by atoms with E-state index in [1.54, 1.807) is 6.08 Å². The largest absolute Gasteiger partial charge is 0.481 e. The first-order valence-electron chi connectivity index (χ1n) is 11.7. The van der Waals surface area contributed by atoms with Crippen LogP contribution in [0.5, 0.6) is 0 Å². The Morgan fingerprint density at radius 2 is 1.69 bits per heavy atom. The molecule has 1 rings (SSSR count). The lowest BCUT2D eigenvalue weighted by Gasteiger charge is -2.21. The lowest BCUT2D eigenvalue weighted by atomic mass is 9.94. The normalized spacial score (nSPS) is 18.4. The first-order chi connectivity index (χ1) is 14.1. The van der Waals surface area contributed by atoms with Gasteiger partial charge in [-0.3, -0.25) is 9.59 Å². The van der Waals surface area contributed by atoms with E-state index < -0.39 is 5.97 Å². The molecule has 0 unspecified atom stereocenters. The number of hydrogen-bond acceptors (Lipinski definition) is 3. The zero-order chi connectivity index (χ0) is 21.3. The Balaban J connectivity index is 2.55. The van der Waals surface area contributed by atoms with Crippen LogP contribution >= 0.6 is 0 Å². The number of carbonyl (C=O) groups is 2. The summed E-state index contributed by atoms with van der Waals surface area (Å²) < 4.78 is 6.12. The minimum absolute atomic E-state index is 0.102. The lowest BCUT2D eigenvalue weighted by molar-refractivity contribution is -0.137. The van der Waals surface area contributed by atoms with Gasteiger partial charge in [-0.15, -0.1) is 0 Å². The molecular weight excluding hydrogens is 364 g/mol. The molecule has 0 aromatic carbocycles. The van der Waals surface area contributed by atoms with Crippen LogP contribution in [0.3, 0.4) is 0 Å². The average molecular weight is 405 g/mol. The van der Waals surface area contributed by atoms with Crippen molar-refractivity contribution in [3.8, 4) is 11.8 Å². The maximum Gasteiger partial charge on any atom is 0.303 e. The van der Waals surface area contributed by atoms with Gasteiger partial charge in [0.15, 0.2) is 5.78 Å². The SMILES string of the molecule is CCCCCCC#CC1=CC(=O)[C@H](CCCCCC)[C@H]1OCCCCCC(=O)O. The number of aliphatic carboxylic acids is 1. The third-order valence-electron chi connectivity index (χ3n) is 5.42. The molecule has 1 aliphatic carbocycles. The summed E-state index contributed by atoms with van der Waals surface area (Å²) in [6, 6.07) is 0. The summed E-state index contributed by atoms with van der Waals surface area (Å²) in [4.78, 5) is 23.2. The number of ketones is 1. The molecule has 1 N–H and O–H groups in total. The van der Waals surface area contributed by atoms with E-state index in [-0.39, 0.29) is 24.2 Å². The molecule has 0 aliphatic heterocycles. The monoisotopic (exact) mass is 404 g/mol. The Morgan fingerprint density at radius 1 is 1.00 bits per heavy atom. The van der Waals surface area contributed by atoms with Gasteiger partial charge in [0.1, 0.15) is 6.10 Å². The average Bonchev–Trinajstić information content (AvgIpc) is 2.99. The lowest BCUT2D eigenvalue weighted by Crippen LogP contribution is -2.26. The van der Waals surface area contributed by atoms with Crippen molar-refractivity contribution < 1.29 is 19.4 Å². The predicted octanol–water partition coefficient (Wildman–Crippen LogP) is 6.09. The van der Waals surface area contributed by atoms with E-state index >= 15 is 0 Å². The number of ether oxygens (including phenoxy) is 1. The second-order valence-corrected chi connectivity index (χ2v) is 8.07. The number of hydrogen-bond donors (Lipinski definition) is 1. The topological polar surface area (TPSA) is 63.6 Å². The first kappa shape index (κ1) is 25.4. The summed E-state index contributed by atoms with van der Waals surface area (Å²) in [6.45, 7) is 4.94. The minimum atomic E-state index is -0.751. The van der Waals surface area contributed by atoms with Crippen LogP contribution in [0.25, 0.3) is 0 Å². The summed E-state index contributed by atoms with van der Waals surface area (Å²) in [6.07, 6.45) is 15.1. The molecule has 0 heterocycles. The number of carboxylic acids is 1. The highest BCUT2D eigenvalue weighted by atomic mass is 16.5. The summed E-state index contributed by atoms with van der Waals surface area (Å²) in [7, 11) is 0. The van der Waals surface area contributed by atoms with Gasteiger partial charge in [-0.2, -0.15) is 0 Å². The van der Waals surface area contributed by atoms with Crippen LogP contribution < -0.4 is 0 Å². The Morgan fingerprint density at radius 3 is 2.38 bits per heavy atom. The Labute approximate surface area is 177 Å². The van der Waals surface area contributed by atoms with Crippen LogP contribution in [0.4, 0.5) is 0 Å². The van der Waals surface area contributed by atoms with Crippen molar-refractivity contribution in [3.63, 3.8) is 0 Å². The highest BCUT2D eigenvalue weighted by molar-refractivity contribution is 5.97. The zero-order valence-corrected chi connectivity index (χ0v) is 18.5. The molecule has 0 radical (unpaired) electrons. The van der Waals surface area contributed by atoms with Crippen molar-refractivity contribution in [2.24, 2.45) is 5.92 Å². The van der Waals surface area contributed by atoms with Crippen molar-refractivity contribution in [2.45, 2.75) is 110 Å². The van der Waals surface area contributed by atoms with Crippen molar-refractivity contribution >= 4 is 11.8 Å². The van der Waals surface area contributed by atoms with Gasteiger partial charge < -0.3 is 9.84 Å². The molecular formula is C25H40O4. The molecule has 0 saturated heterocycles. The Bertz CT molecular complexity index is 567. The fourth-order valence-electron chi connectivity index (χ4n) is 3.68. The molecule has 0 aromatic rings. The smallest absolute Gasteiger partial charge is 0.303 e. The summed E-state index contributed by atoms with van der Waals surface area (Å²) in [5.74, 6) is 5.77. The molecule has 0 amide bonds. The maximum absolute atomic E-state index is 12.6. The van der Waals surface area contributed by atoms with Gasteiger partial charge in [-0.05, 0) is 31.8 Å². The minimum Gasteiger partial charge on any atom is -0.481 e. The molecule has 164 valence electrons. The third-order valence-corrected chi connectivity index (χ3v) is 5.42. The molecule has 2 atom stereocenters. The van der Waals surface area contributed by atoms with E-state index in [0.29, 0.717) is 13.0 Å². The van der Waals surface area contributed by atoms with Gasteiger partial charge in [0.25, 0.3) is 0 Å². The van der Waals surface area contributed by atoms with Crippen LogP contribution in [-0.4, -0.2) is 29.6 Å². The molecule has 1 aliphatic rings. The third kappa shape index (κ3) is 11.2. The van der Waals surface area contributed by atoms with Crippen molar-refractivity contribution in [2.75, 3.05) is 6.61 Å². The van der Waals surface area contributed by atoms with E-state index in [1.807, 2.05) is 0 Å². The highest BCUT2D eigenvalue weighted by Crippen LogP contribution is 2.30. The van der Waals surface area contributed by atoms with Gasteiger partial charge in [-0.1, -0.05) is 77.1 Å². The second-order valence-electron chi connectivity index (χ2n) is 8.07. The molecule has 0 spiro atoms. The quantitative estimate of drug-likeness (QED) is 0.250. The molecule has 0 fully saturated rings. The standard InChI is InChI=1S/C25H40O4/c1-3-5-7-9-10-12-16-21-20-23(26)22(17-13-8-6-4-2)25(21)29-19-15-11-14-18-24(27)28/h20,22,25H,3-11,13-15,17-19H2,1-2H3,(H,27,28)/t22-,25-/m0/s1. The second kappa shape index (κ2) is 16.2. The Kier molecular flexibility index (Phi) is 14.2. The summed E-state index contributed by atoms with van der Waals surface area (Å²) in [5.41, 5.74) is 0.844. The summed E-state index contributed by atoms with van der Waals surface area (Å²) in [5, 5.41) is 8.72. The number of rotatable bonds is 16. The summed E-state index contributed by atoms with van der Waals surface area (Å²) >= 11 is 0. The number of allylic oxidation sites excluding steroid dienone is 1. The highest BCUT2D eigenvalue weighted by Gasteiger charge is 2.35. The molecule has 4 heteroatoms. The van der Waals surface area contributed by atoms with Gasteiger partial charge in [0.2, 0.25) is 0 Å². The van der Waals surface area contributed by atoms with Gasteiger partial charge >= 0.3 is 5.97 Å². The van der Waals surface area contributed by atoms with Gasteiger partial charge in [0.05, 0.1) is 5.92 Å². The molecule has 4 nitrogen and oxygen atoms in total.